The maximum atomic E-state index is 3.62. The molecule has 1 aliphatic rings. The van der Waals surface area contributed by atoms with Crippen molar-refractivity contribution in [3.05, 3.63) is 29.8 Å². The van der Waals surface area contributed by atoms with Gasteiger partial charge in [-0.2, -0.15) is 0 Å². The molecule has 1 nitrogen and oxygen atoms in total. The maximum absolute atomic E-state index is 3.62. The second kappa shape index (κ2) is 5.57. The van der Waals surface area contributed by atoms with Gasteiger partial charge in [0.05, 0.1) is 0 Å². The van der Waals surface area contributed by atoms with Crippen LogP contribution in [0.4, 0.5) is 5.69 Å². The summed E-state index contributed by atoms with van der Waals surface area (Å²) >= 11 is 0. The van der Waals surface area contributed by atoms with E-state index in [4.69, 9.17) is 0 Å². The predicted molar refractivity (Wildman–Crippen MR) is 79.8 cm³/mol. The van der Waals surface area contributed by atoms with Crippen LogP contribution < -0.4 is 5.32 Å². The molecule has 2 rings (SSSR count). The average Bonchev–Trinajstić information content (AvgIpc) is 2.53. The molecule has 1 atom stereocenters. The van der Waals surface area contributed by atoms with Gasteiger partial charge in [-0.15, -0.1) is 0 Å². The molecule has 0 spiro atoms. The van der Waals surface area contributed by atoms with Crippen LogP contribution in [-0.4, -0.2) is 6.04 Å². The van der Waals surface area contributed by atoms with Crippen molar-refractivity contribution < 1.29 is 1.43 Å². The zero-order valence-corrected chi connectivity index (χ0v) is 12.2. The highest BCUT2D eigenvalue weighted by molar-refractivity contribution is 5.61. The Labute approximate surface area is 108 Å². The molecule has 0 amide bonds. The number of nitrogens with one attached hydrogen (secondary N) is 1. The van der Waals surface area contributed by atoms with E-state index in [1.54, 1.807) is 0 Å². The van der Waals surface area contributed by atoms with Crippen LogP contribution in [0, 0.1) is 5.92 Å². The molecule has 1 aliphatic heterocycles. The Morgan fingerprint density at radius 1 is 1.24 bits per heavy atom. The van der Waals surface area contributed by atoms with Gasteiger partial charge < -0.3 is 5.32 Å². The summed E-state index contributed by atoms with van der Waals surface area (Å²) in [6, 6.07) is 9.21. The van der Waals surface area contributed by atoms with Crippen molar-refractivity contribution in [2.24, 2.45) is 5.92 Å². The minimum atomic E-state index is 0. The van der Waals surface area contributed by atoms with Crippen LogP contribution in [-0.2, 0) is 5.41 Å². The standard InChI is InChI=1S/C13H19N.C3H8.H2/c1-9(2)12-13(3,4)10-7-5-6-8-11(10)14-12;1-3-2;/h5-9,12,14H,1-4H3;3H2,1-2H3;1H. The summed E-state index contributed by atoms with van der Waals surface area (Å²) < 4.78 is 0. The molecule has 17 heavy (non-hydrogen) atoms. The fourth-order valence-corrected chi connectivity index (χ4v) is 2.69. The lowest BCUT2D eigenvalue weighted by Gasteiger charge is -2.30. The lowest BCUT2D eigenvalue weighted by Crippen LogP contribution is -2.37. The highest BCUT2D eigenvalue weighted by Gasteiger charge is 2.40. The SMILES string of the molecule is CC(C)C1Nc2ccccc2C1(C)C.CCC.[HH]. The quantitative estimate of drug-likeness (QED) is 0.716. The van der Waals surface area contributed by atoms with Crippen LogP contribution in [0.25, 0.3) is 0 Å². The van der Waals surface area contributed by atoms with Crippen molar-refractivity contribution in [3.63, 3.8) is 0 Å². The van der Waals surface area contributed by atoms with Gasteiger partial charge in [0.2, 0.25) is 0 Å². The van der Waals surface area contributed by atoms with Crippen LogP contribution in [0.3, 0.4) is 0 Å². The van der Waals surface area contributed by atoms with E-state index >= 15 is 0 Å². The van der Waals surface area contributed by atoms with Gasteiger partial charge in [0, 0.05) is 18.6 Å². The monoisotopic (exact) mass is 235 g/mol. The fraction of sp³-hybridized carbons (Fsp3) is 0.625. The van der Waals surface area contributed by atoms with Crippen LogP contribution in [0.2, 0.25) is 0 Å². The number of rotatable bonds is 1. The Balaban J connectivity index is 0.000000660. The minimum Gasteiger partial charge on any atom is -0.381 e. The Morgan fingerprint density at radius 3 is 2.24 bits per heavy atom. The Morgan fingerprint density at radius 2 is 1.76 bits per heavy atom. The van der Waals surface area contributed by atoms with Gasteiger partial charge in [-0.05, 0) is 17.5 Å². The van der Waals surface area contributed by atoms with Crippen molar-refractivity contribution in [2.75, 3.05) is 5.32 Å². The van der Waals surface area contributed by atoms with E-state index in [2.05, 4.69) is 71.1 Å². The molecule has 1 aromatic rings. The third-order valence-corrected chi connectivity index (χ3v) is 3.38. The van der Waals surface area contributed by atoms with Crippen LogP contribution in [0.15, 0.2) is 24.3 Å². The van der Waals surface area contributed by atoms with E-state index < -0.39 is 0 Å². The molecule has 1 heterocycles. The summed E-state index contributed by atoms with van der Waals surface area (Å²) in [5, 5.41) is 3.62. The Kier molecular flexibility index (Phi) is 4.62. The number of anilines is 1. The van der Waals surface area contributed by atoms with Crippen LogP contribution in [0.5, 0.6) is 0 Å². The molecular formula is C16H29N. The summed E-state index contributed by atoms with van der Waals surface area (Å²) in [5.41, 5.74) is 3.03. The smallest absolute Gasteiger partial charge is 0.0381 e. The third-order valence-electron chi connectivity index (χ3n) is 3.38. The topological polar surface area (TPSA) is 12.0 Å². The normalized spacial score (nSPS) is 20.3. The predicted octanol–water partition coefficient (Wildman–Crippen LogP) is 5.08. The number of fused-ring (bicyclic) bond motifs is 1. The molecule has 0 saturated heterocycles. The van der Waals surface area contributed by atoms with Gasteiger partial charge in [-0.3, -0.25) is 0 Å². The van der Waals surface area contributed by atoms with Gasteiger partial charge in [0.15, 0.2) is 0 Å². The molecule has 1 heteroatoms. The first kappa shape index (κ1) is 14.1. The van der Waals surface area contributed by atoms with E-state index in [1.165, 1.54) is 17.7 Å². The summed E-state index contributed by atoms with van der Waals surface area (Å²) in [7, 11) is 0. The lowest BCUT2D eigenvalue weighted by atomic mass is 9.76. The zero-order valence-electron chi connectivity index (χ0n) is 12.2. The van der Waals surface area contributed by atoms with Gasteiger partial charge in [-0.1, -0.05) is 66.2 Å². The van der Waals surface area contributed by atoms with Gasteiger partial charge in [-0.25, -0.2) is 0 Å². The molecule has 1 aromatic carbocycles. The van der Waals surface area contributed by atoms with Crippen molar-refractivity contribution >= 4 is 5.69 Å². The summed E-state index contributed by atoms with van der Waals surface area (Å²) in [6.07, 6.45) is 1.25. The van der Waals surface area contributed by atoms with Gasteiger partial charge >= 0.3 is 0 Å². The molecule has 0 bridgehead atoms. The Bertz CT molecular complexity index is 358. The molecule has 0 radical (unpaired) electrons. The minimum absolute atomic E-state index is 0. The van der Waals surface area contributed by atoms with E-state index in [0.717, 1.165) is 0 Å². The average molecular weight is 235 g/mol. The van der Waals surface area contributed by atoms with Gasteiger partial charge in [0.1, 0.15) is 0 Å². The first-order chi connectivity index (χ1) is 7.95. The first-order valence-electron chi connectivity index (χ1n) is 6.81. The molecule has 0 saturated carbocycles. The number of hydrogen-bond acceptors (Lipinski definition) is 1. The fourth-order valence-electron chi connectivity index (χ4n) is 2.69. The number of para-hydroxylation sites is 1. The molecule has 1 unspecified atom stereocenters. The molecule has 1 N–H and O–H groups in total. The van der Waals surface area contributed by atoms with E-state index in [1.807, 2.05) is 0 Å². The lowest BCUT2D eigenvalue weighted by molar-refractivity contribution is 0.373. The maximum Gasteiger partial charge on any atom is 0.0381 e. The Hall–Kier alpha value is -0.980. The number of hydrogen-bond donors (Lipinski definition) is 1. The molecular weight excluding hydrogens is 206 g/mol. The van der Waals surface area contributed by atoms with E-state index in [9.17, 15) is 0 Å². The number of benzene rings is 1. The third kappa shape index (κ3) is 2.83. The highest BCUT2D eigenvalue weighted by Crippen LogP contribution is 2.42. The van der Waals surface area contributed by atoms with Gasteiger partial charge in [0.25, 0.3) is 0 Å². The second-order valence-electron chi connectivity index (χ2n) is 5.84. The second-order valence-corrected chi connectivity index (χ2v) is 5.84. The summed E-state index contributed by atoms with van der Waals surface area (Å²) in [6.45, 7) is 13.5. The molecule has 0 fully saturated rings. The van der Waals surface area contributed by atoms with Crippen molar-refractivity contribution in [1.29, 1.82) is 0 Å². The van der Waals surface area contributed by atoms with Crippen molar-refractivity contribution in [3.8, 4) is 0 Å². The first-order valence-corrected chi connectivity index (χ1v) is 6.81. The molecule has 0 aromatic heterocycles. The highest BCUT2D eigenvalue weighted by atomic mass is 15.0. The summed E-state index contributed by atoms with van der Waals surface area (Å²) in [5.74, 6) is 0.664. The largest absolute Gasteiger partial charge is 0.381 e. The van der Waals surface area contributed by atoms with Crippen molar-refractivity contribution in [1.82, 2.24) is 0 Å². The van der Waals surface area contributed by atoms with Crippen LogP contribution in [0.1, 0.15) is 55.0 Å². The van der Waals surface area contributed by atoms with E-state index in [-0.39, 0.29) is 6.84 Å². The molecule has 0 aliphatic carbocycles. The molecule has 98 valence electrons. The van der Waals surface area contributed by atoms with Crippen LogP contribution >= 0.6 is 0 Å². The summed E-state index contributed by atoms with van der Waals surface area (Å²) in [4.78, 5) is 0. The van der Waals surface area contributed by atoms with E-state index in [0.29, 0.717) is 12.0 Å². The van der Waals surface area contributed by atoms with Crippen molar-refractivity contribution in [2.45, 2.75) is 59.4 Å². The zero-order chi connectivity index (χ0) is 13.1.